The van der Waals surface area contributed by atoms with Gasteiger partial charge < -0.3 is 10.1 Å². The minimum Gasteiger partial charge on any atom is -0.385 e. The van der Waals surface area contributed by atoms with Crippen LogP contribution >= 0.6 is 0 Å². The van der Waals surface area contributed by atoms with E-state index in [9.17, 15) is 10.1 Å². The normalized spacial score (nSPS) is 10.4. The molecule has 2 heterocycles. The Morgan fingerprint density at radius 3 is 3.10 bits per heavy atom. The summed E-state index contributed by atoms with van der Waals surface area (Å²) in [6.07, 6.45) is 5.36. The fourth-order valence-corrected chi connectivity index (χ4v) is 1.70. The number of anilines is 2. The van der Waals surface area contributed by atoms with Gasteiger partial charge in [-0.2, -0.15) is 5.10 Å². The molecule has 20 heavy (non-hydrogen) atoms. The van der Waals surface area contributed by atoms with Crippen molar-refractivity contribution in [1.82, 2.24) is 14.8 Å². The van der Waals surface area contributed by atoms with Crippen molar-refractivity contribution in [2.45, 2.75) is 13.0 Å². The number of ether oxygens (including phenoxy) is 1. The molecule has 8 heteroatoms. The number of nitrogens with zero attached hydrogens (tertiary/aromatic N) is 4. The smallest absolute Gasteiger partial charge is 0.310 e. The molecule has 0 fully saturated rings. The van der Waals surface area contributed by atoms with Crippen LogP contribution in [0.4, 0.5) is 17.2 Å². The minimum absolute atomic E-state index is 0.0820. The van der Waals surface area contributed by atoms with Gasteiger partial charge in [0.25, 0.3) is 0 Å². The predicted molar refractivity (Wildman–Crippen MR) is 72.9 cm³/mol. The van der Waals surface area contributed by atoms with Gasteiger partial charge in [0.1, 0.15) is 11.9 Å². The Morgan fingerprint density at radius 2 is 2.35 bits per heavy atom. The van der Waals surface area contributed by atoms with Crippen molar-refractivity contribution in [1.29, 1.82) is 0 Å². The van der Waals surface area contributed by atoms with Crippen LogP contribution < -0.4 is 5.32 Å². The maximum atomic E-state index is 10.9. The first-order valence-electron chi connectivity index (χ1n) is 6.08. The lowest BCUT2D eigenvalue weighted by molar-refractivity contribution is -0.384. The second kappa shape index (κ2) is 6.62. The number of aryl methyl sites for hydroxylation is 1. The van der Waals surface area contributed by atoms with E-state index in [1.165, 1.54) is 12.4 Å². The van der Waals surface area contributed by atoms with Gasteiger partial charge in [0, 0.05) is 38.7 Å². The molecule has 0 atom stereocenters. The Balaban J connectivity index is 2.05. The molecule has 0 unspecified atom stereocenters. The second-order valence-electron chi connectivity index (χ2n) is 4.09. The summed E-state index contributed by atoms with van der Waals surface area (Å²) in [7, 11) is 1.65. The molecule has 8 nitrogen and oxygen atoms in total. The molecule has 0 aliphatic carbocycles. The van der Waals surface area contributed by atoms with Gasteiger partial charge in [-0.05, 0) is 12.5 Å². The molecule has 0 radical (unpaired) electrons. The number of nitrogens with one attached hydrogen (secondary N) is 1. The van der Waals surface area contributed by atoms with E-state index < -0.39 is 4.92 Å². The minimum atomic E-state index is -0.481. The third kappa shape index (κ3) is 3.51. The number of hydrogen-bond donors (Lipinski definition) is 1. The maximum absolute atomic E-state index is 10.9. The van der Waals surface area contributed by atoms with E-state index in [-0.39, 0.29) is 5.69 Å². The van der Waals surface area contributed by atoms with E-state index in [0.29, 0.717) is 18.1 Å². The predicted octanol–water partition coefficient (Wildman–Crippen LogP) is 1.97. The Morgan fingerprint density at radius 1 is 1.50 bits per heavy atom. The van der Waals surface area contributed by atoms with Crippen LogP contribution in [0.3, 0.4) is 0 Å². The van der Waals surface area contributed by atoms with Crippen LogP contribution in [-0.4, -0.2) is 33.4 Å². The Kier molecular flexibility index (Phi) is 4.61. The molecule has 2 aromatic heterocycles. The lowest BCUT2D eigenvalue weighted by atomic mass is 10.3. The van der Waals surface area contributed by atoms with Crippen LogP contribution in [0.25, 0.3) is 0 Å². The summed E-state index contributed by atoms with van der Waals surface area (Å²) < 4.78 is 6.73. The van der Waals surface area contributed by atoms with Crippen LogP contribution in [0.15, 0.2) is 30.7 Å². The van der Waals surface area contributed by atoms with Crippen LogP contribution in [-0.2, 0) is 11.3 Å². The van der Waals surface area contributed by atoms with E-state index >= 15 is 0 Å². The van der Waals surface area contributed by atoms with Crippen molar-refractivity contribution >= 4 is 17.2 Å². The van der Waals surface area contributed by atoms with Crippen molar-refractivity contribution < 1.29 is 9.66 Å². The SMILES string of the molecule is COCCCn1ccc(Nc2ccncc2[N+](=O)[O-])n1. The van der Waals surface area contributed by atoms with E-state index in [2.05, 4.69) is 15.4 Å². The largest absolute Gasteiger partial charge is 0.385 e. The van der Waals surface area contributed by atoms with E-state index in [0.717, 1.165) is 13.0 Å². The van der Waals surface area contributed by atoms with Gasteiger partial charge in [-0.25, -0.2) is 0 Å². The number of pyridine rings is 1. The summed E-state index contributed by atoms with van der Waals surface area (Å²) in [6, 6.07) is 3.30. The molecule has 0 amide bonds. The van der Waals surface area contributed by atoms with Gasteiger partial charge in [0.05, 0.1) is 4.92 Å². The summed E-state index contributed by atoms with van der Waals surface area (Å²) in [4.78, 5) is 14.1. The monoisotopic (exact) mass is 277 g/mol. The highest BCUT2D eigenvalue weighted by Gasteiger charge is 2.14. The number of aromatic nitrogens is 3. The van der Waals surface area contributed by atoms with Crippen molar-refractivity contribution in [2.24, 2.45) is 0 Å². The third-order valence-corrected chi connectivity index (χ3v) is 2.64. The molecule has 0 bridgehead atoms. The quantitative estimate of drug-likeness (QED) is 0.472. The van der Waals surface area contributed by atoms with Gasteiger partial charge in [-0.3, -0.25) is 19.8 Å². The number of rotatable bonds is 7. The number of methoxy groups -OCH3 is 1. The third-order valence-electron chi connectivity index (χ3n) is 2.64. The van der Waals surface area contributed by atoms with Gasteiger partial charge in [0.15, 0.2) is 5.82 Å². The van der Waals surface area contributed by atoms with Crippen LogP contribution in [0.1, 0.15) is 6.42 Å². The molecule has 0 saturated heterocycles. The zero-order valence-corrected chi connectivity index (χ0v) is 11.0. The highest BCUT2D eigenvalue weighted by Crippen LogP contribution is 2.24. The topological polar surface area (TPSA) is 95.1 Å². The van der Waals surface area contributed by atoms with E-state index in [4.69, 9.17) is 4.74 Å². The van der Waals surface area contributed by atoms with Crippen molar-refractivity contribution in [3.63, 3.8) is 0 Å². The van der Waals surface area contributed by atoms with Gasteiger partial charge in [-0.1, -0.05) is 0 Å². The average Bonchev–Trinajstić information content (AvgIpc) is 2.87. The highest BCUT2D eigenvalue weighted by atomic mass is 16.6. The molecule has 0 aromatic carbocycles. The summed E-state index contributed by atoms with van der Waals surface area (Å²) in [5, 5.41) is 18.1. The molecule has 0 spiro atoms. The summed E-state index contributed by atoms with van der Waals surface area (Å²) in [5.41, 5.74) is 0.286. The van der Waals surface area contributed by atoms with Crippen LogP contribution in [0.2, 0.25) is 0 Å². The Hall–Kier alpha value is -2.48. The molecular formula is C12H15N5O3. The fraction of sp³-hybridized carbons (Fsp3) is 0.333. The first-order chi connectivity index (χ1) is 9.70. The average molecular weight is 277 g/mol. The van der Waals surface area contributed by atoms with Crippen LogP contribution in [0.5, 0.6) is 0 Å². The van der Waals surface area contributed by atoms with Crippen molar-refractivity contribution in [3.05, 3.63) is 40.8 Å². The van der Waals surface area contributed by atoms with Gasteiger partial charge in [-0.15, -0.1) is 0 Å². The second-order valence-corrected chi connectivity index (χ2v) is 4.09. The highest BCUT2D eigenvalue weighted by molar-refractivity contribution is 5.66. The molecule has 2 aromatic rings. The first-order valence-corrected chi connectivity index (χ1v) is 6.08. The van der Waals surface area contributed by atoms with Gasteiger partial charge in [0.2, 0.25) is 0 Å². The number of hydrogen-bond acceptors (Lipinski definition) is 6. The summed E-state index contributed by atoms with van der Waals surface area (Å²) in [6.45, 7) is 1.40. The standard InChI is InChI=1S/C12H15N5O3/c1-20-8-2-6-16-7-4-12(15-16)14-10-3-5-13-9-11(10)17(18)19/h3-5,7,9H,2,6,8H2,1H3,(H,13,14,15). The molecule has 106 valence electrons. The maximum Gasteiger partial charge on any atom is 0.310 e. The Labute approximate surface area is 115 Å². The molecule has 2 rings (SSSR count). The summed E-state index contributed by atoms with van der Waals surface area (Å²) >= 11 is 0. The molecule has 0 saturated carbocycles. The fourth-order valence-electron chi connectivity index (χ4n) is 1.70. The van der Waals surface area contributed by atoms with E-state index in [1.807, 2.05) is 6.20 Å². The first kappa shape index (κ1) is 13.9. The summed E-state index contributed by atoms with van der Waals surface area (Å²) in [5.74, 6) is 0.553. The van der Waals surface area contributed by atoms with Gasteiger partial charge >= 0.3 is 5.69 Å². The molecule has 0 aliphatic heterocycles. The lowest BCUT2D eigenvalue weighted by Gasteiger charge is -2.03. The Bertz CT molecular complexity index is 584. The van der Waals surface area contributed by atoms with Crippen molar-refractivity contribution in [3.8, 4) is 0 Å². The molecule has 1 N–H and O–H groups in total. The zero-order valence-electron chi connectivity index (χ0n) is 11.0. The van der Waals surface area contributed by atoms with Crippen LogP contribution in [0, 0.1) is 10.1 Å². The molecular weight excluding hydrogens is 262 g/mol. The van der Waals surface area contributed by atoms with Crippen molar-refractivity contribution in [2.75, 3.05) is 19.0 Å². The lowest BCUT2D eigenvalue weighted by Crippen LogP contribution is -2.03. The number of nitro groups is 1. The van der Waals surface area contributed by atoms with E-state index in [1.54, 1.807) is 23.9 Å². The zero-order chi connectivity index (χ0) is 14.4. The molecule has 0 aliphatic rings.